The number of benzene rings is 3. The quantitative estimate of drug-likeness (QED) is 0.0664. The first-order valence-electron chi connectivity index (χ1n) is 21.1. The van der Waals surface area contributed by atoms with E-state index in [0.717, 1.165) is 11.0 Å². The van der Waals surface area contributed by atoms with Gasteiger partial charge in [0.15, 0.2) is 12.8 Å². The highest BCUT2D eigenvalue weighted by Gasteiger charge is 2.46. The molecule has 3 aliphatic heterocycles. The van der Waals surface area contributed by atoms with Gasteiger partial charge in [0.1, 0.15) is 35.1 Å². The highest BCUT2D eigenvalue weighted by Crippen LogP contribution is 2.40. The fraction of sp³-hybridized carbons (Fsp3) is 0.409. The van der Waals surface area contributed by atoms with E-state index < -0.39 is 74.7 Å². The van der Waals surface area contributed by atoms with Crippen LogP contribution in [0.3, 0.4) is 0 Å². The summed E-state index contributed by atoms with van der Waals surface area (Å²) in [4.78, 5) is 61.9. The van der Waals surface area contributed by atoms with Gasteiger partial charge < -0.3 is 30.7 Å². The summed E-state index contributed by atoms with van der Waals surface area (Å²) in [5.74, 6) is -4.39. The van der Waals surface area contributed by atoms with Crippen LogP contribution in [0, 0.1) is 24.4 Å². The molecule has 4 amide bonds. The Morgan fingerprint density at radius 3 is 2.38 bits per heavy atom. The Kier molecular flexibility index (Phi) is 13.7. The van der Waals surface area contributed by atoms with Crippen LogP contribution in [0.2, 0.25) is 0 Å². The monoisotopic (exact) mass is 921 g/mol. The summed E-state index contributed by atoms with van der Waals surface area (Å²) >= 11 is 0. The maximum Gasteiger partial charge on any atom is 0.261 e. The number of hydrogen-bond donors (Lipinski definition) is 6. The Morgan fingerprint density at radius 2 is 1.69 bits per heavy atom. The topological polar surface area (TPSA) is 224 Å². The molecule has 0 saturated carbocycles. The molecule has 2 fully saturated rings. The number of anilines is 5. The lowest BCUT2D eigenvalue weighted by atomic mass is 9.88. The first-order valence-corrected chi connectivity index (χ1v) is 22.6. The maximum absolute atomic E-state index is 15.6. The number of ether oxygens (including phenoxy) is 1. The molecule has 2 unspecified atom stereocenters. The number of piperidine rings is 2. The molecule has 1 aromatic heterocycles. The van der Waals surface area contributed by atoms with E-state index in [-0.39, 0.29) is 64.3 Å². The number of rotatable bonds is 15. The second kappa shape index (κ2) is 19.0. The molecular weight excluding hydrogens is 872 g/mol. The number of sulfonamides is 1. The van der Waals surface area contributed by atoms with E-state index in [1.807, 2.05) is 0 Å². The molecule has 65 heavy (non-hydrogen) atoms. The Balaban J connectivity index is 0.864. The predicted octanol–water partition coefficient (Wildman–Crippen LogP) is 5.25. The second-order valence-electron chi connectivity index (χ2n) is 17.1. The van der Waals surface area contributed by atoms with Crippen LogP contribution < -0.4 is 30.7 Å². The fourth-order valence-electron chi connectivity index (χ4n) is 7.85. The van der Waals surface area contributed by atoms with Crippen LogP contribution in [0.25, 0.3) is 0 Å². The number of nitrogens with zero attached hydrogens (tertiary/aromatic N) is 4. The number of halogens is 3. The van der Waals surface area contributed by atoms with Crippen molar-refractivity contribution in [3.8, 4) is 5.75 Å². The van der Waals surface area contributed by atoms with Gasteiger partial charge in [-0.2, -0.15) is 4.98 Å². The lowest BCUT2D eigenvalue weighted by Gasteiger charge is -2.32. The summed E-state index contributed by atoms with van der Waals surface area (Å²) in [6.45, 7) is 7.89. The molecule has 0 spiro atoms. The molecule has 7 rings (SSSR count). The lowest BCUT2D eigenvalue weighted by Crippen LogP contribution is -2.53. The third kappa shape index (κ3) is 10.5. The second-order valence-corrected chi connectivity index (χ2v) is 19.6. The smallest absolute Gasteiger partial charge is 0.261 e. The van der Waals surface area contributed by atoms with Gasteiger partial charge >= 0.3 is 0 Å². The van der Waals surface area contributed by atoms with Gasteiger partial charge in [0.25, 0.3) is 11.8 Å². The van der Waals surface area contributed by atoms with E-state index in [4.69, 9.17) is 4.74 Å². The molecule has 4 aromatic rings. The number of fused-ring (bicyclic) bond motifs is 1. The fourth-order valence-corrected chi connectivity index (χ4v) is 8.60. The van der Waals surface area contributed by atoms with Crippen LogP contribution in [0.1, 0.15) is 92.1 Å². The van der Waals surface area contributed by atoms with Gasteiger partial charge in [-0.15, -0.1) is 0 Å². The van der Waals surface area contributed by atoms with Crippen molar-refractivity contribution >= 4 is 62.5 Å². The molecule has 0 radical (unpaired) electrons. The number of carbonyl (C=O) groups is 4. The number of aliphatic hydroxyl groups is 1. The van der Waals surface area contributed by atoms with E-state index in [9.17, 15) is 37.1 Å². The van der Waals surface area contributed by atoms with Crippen LogP contribution in [-0.2, 0) is 24.4 Å². The molecule has 0 bridgehead atoms. The van der Waals surface area contributed by atoms with Gasteiger partial charge in [0.05, 0.1) is 16.0 Å². The highest BCUT2D eigenvalue weighted by molar-refractivity contribution is 7.94. The normalized spacial score (nSPS) is 18.3. The lowest BCUT2D eigenvalue weighted by molar-refractivity contribution is -0.139. The van der Waals surface area contributed by atoms with Gasteiger partial charge in [-0.3, -0.25) is 34.1 Å². The zero-order chi connectivity index (χ0) is 46.8. The maximum atomic E-state index is 15.6. The zero-order valence-electron chi connectivity index (χ0n) is 36.1. The van der Waals surface area contributed by atoms with Crippen molar-refractivity contribution < 1.29 is 50.6 Å². The van der Waals surface area contributed by atoms with Crippen molar-refractivity contribution in [3.63, 3.8) is 0 Å². The molecule has 0 aliphatic carbocycles. The minimum atomic E-state index is -3.91. The third-order valence-corrected chi connectivity index (χ3v) is 13.6. The summed E-state index contributed by atoms with van der Waals surface area (Å²) in [6.07, 6.45) is 1.76. The SMILES string of the molecule is Cc1cnc(Nc2cc(F)c(C3CCN(CCCNC(=O)COc4cccc5c4C(=O)N(C4CCC(=O)NC4=O)C5O)CC3)c(F)c2)nc1Nc1ccc(F)c(NS(=O)(=O)C(C)(C)C)c1. The largest absolute Gasteiger partial charge is 0.483 e. The average molecular weight is 922 g/mol. The van der Waals surface area contributed by atoms with Crippen LogP contribution >= 0.6 is 0 Å². The first-order chi connectivity index (χ1) is 30.8. The number of hydrogen-bond acceptors (Lipinski definition) is 13. The Bertz CT molecular complexity index is 2600. The molecule has 6 N–H and O–H groups in total. The summed E-state index contributed by atoms with van der Waals surface area (Å²) in [6, 6.07) is 9.73. The zero-order valence-corrected chi connectivity index (χ0v) is 37.0. The molecule has 2 saturated heterocycles. The molecule has 346 valence electrons. The average Bonchev–Trinajstić information content (AvgIpc) is 3.49. The van der Waals surface area contributed by atoms with Gasteiger partial charge in [0, 0.05) is 47.2 Å². The molecule has 3 aliphatic rings. The van der Waals surface area contributed by atoms with Crippen molar-refractivity contribution in [2.75, 3.05) is 48.1 Å². The summed E-state index contributed by atoms with van der Waals surface area (Å²) in [5, 5.41) is 21.7. The van der Waals surface area contributed by atoms with Gasteiger partial charge in [-0.05, 0) is 115 Å². The van der Waals surface area contributed by atoms with Crippen molar-refractivity contribution in [2.24, 2.45) is 0 Å². The molecular formula is C44H50F3N9O8S. The van der Waals surface area contributed by atoms with Gasteiger partial charge in [-0.1, -0.05) is 12.1 Å². The van der Waals surface area contributed by atoms with Gasteiger partial charge in [-0.25, -0.2) is 26.6 Å². The van der Waals surface area contributed by atoms with E-state index in [2.05, 4.69) is 40.9 Å². The van der Waals surface area contributed by atoms with Crippen molar-refractivity contribution in [1.29, 1.82) is 0 Å². The van der Waals surface area contributed by atoms with Crippen LogP contribution in [0.5, 0.6) is 5.75 Å². The summed E-state index contributed by atoms with van der Waals surface area (Å²) in [5.41, 5.74) is 1.01. The van der Waals surface area contributed by atoms with Crippen molar-refractivity contribution in [1.82, 2.24) is 30.4 Å². The predicted molar refractivity (Wildman–Crippen MR) is 234 cm³/mol. The van der Waals surface area contributed by atoms with E-state index in [1.54, 1.807) is 13.0 Å². The summed E-state index contributed by atoms with van der Waals surface area (Å²) in [7, 11) is -3.91. The third-order valence-electron chi connectivity index (χ3n) is 11.5. The Hall–Kier alpha value is -6.32. The van der Waals surface area contributed by atoms with Crippen LogP contribution in [0.15, 0.2) is 54.7 Å². The first kappa shape index (κ1) is 46.7. The van der Waals surface area contributed by atoms with Crippen LogP contribution in [0.4, 0.5) is 42.0 Å². The number of likely N-dealkylation sites (tertiary alicyclic amines) is 1. The Morgan fingerprint density at radius 1 is 0.969 bits per heavy atom. The standard InChI is InChI=1S/C44H50F3N9O8S/c1-24-22-49-43(53-39(24)50-26-9-10-29(45)32(21-26)54-65(62,63)44(2,3)4)51-27-19-30(46)37(31(47)20-27)25-13-17-55(18-14-25)16-6-15-48-36(58)23-64-34-8-5-7-28-38(34)42(61)56(41(28)60)33-11-12-35(57)52-40(33)59/h5,7-10,19-22,25,33,41,54,60H,6,11-18,23H2,1-4H3,(H,48,58)(H,52,57,59)(H2,49,50,51,53). The minimum Gasteiger partial charge on any atom is -0.483 e. The van der Waals surface area contributed by atoms with Gasteiger partial charge in [0.2, 0.25) is 27.8 Å². The highest BCUT2D eigenvalue weighted by atomic mass is 32.2. The number of aromatic nitrogens is 2. The molecule has 21 heteroatoms. The van der Waals surface area contributed by atoms with E-state index in [0.29, 0.717) is 56.7 Å². The van der Waals surface area contributed by atoms with Crippen molar-refractivity contribution in [3.05, 3.63) is 94.4 Å². The van der Waals surface area contributed by atoms with Crippen molar-refractivity contribution in [2.45, 2.75) is 82.7 Å². The number of aryl methyl sites for hydroxylation is 1. The summed E-state index contributed by atoms with van der Waals surface area (Å²) < 4.78 is 77.8. The molecule has 4 heterocycles. The van der Waals surface area contributed by atoms with E-state index in [1.165, 1.54) is 63.4 Å². The molecule has 3 aromatic carbocycles. The number of imide groups is 1. The molecule has 2 atom stereocenters. The minimum absolute atomic E-state index is 0.00668. The van der Waals surface area contributed by atoms with Crippen LogP contribution in [-0.4, -0.2) is 100 Å². The Labute approximate surface area is 373 Å². The number of amides is 4. The van der Waals surface area contributed by atoms with E-state index >= 15 is 8.78 Å². The number of aliphatic hydroxyl groups excluding tert-OH is 1. The number of carbonyl (C=O) groups excluding carboxylic acids is 4. The molecule has 17 nitrogen and oxygen atoms in total. The number of nitrogens with one attached hydrogen (secondary N) is 5.